The minimum atomic E-state index is 0.0240. The Morgan fingerprint density at radius 3 is 2.66 bits per heavy atom. The van der Waals surface area contributed by atoms with E-state index in [1.165, 1.54) is 6.08 Å². The maximum absolute atomic E-state index is 13.8. The molecule has 1 N–H and O–H groups in total. The molecule has 0 spiro atoms. The summed E-state index contributed by atoms with van der Waals surface area (Å²) in [6, 6.07) is 10.8. The van der Waals surface area contributed by atoms with Crippen LogP contribution in [0, 0.1) is 11.3 Å². The zero-order valence-electron chi connectivity index (χ0n) is 20.5. The van der Waals surface area contributed by atoms with Crippen molar-refractivity contribution in [1.82, 2.24) is 9.88 Å². The van der Waals surface area contributed by atoms with Crippen molar-refractivity contribution in [1.29, 1.82) is 0 Å². The third-order valence-electron chi connectivity index (χ3n) is 8.28. The van der Waals surface area contributed by atoms with Gasteiger partial charge in [-0.3, -0.25) is 9.59 Å². The maximum Gasteiger partial charge on any atom is 0.246 e. The van der Waals surface area contributed by atoms with Crippen LogP contribution in [-0.4, -0.2) is 46.9 Å². The average Bonchev–Trinajstić information content (AvgIpc) is 3.02. The highest BCUT2D eigenvalue weighted by atomic mass is 16.2. The number of nitrogens with one attached hydrogen (secondary N) is 1. The van der Waals surface area contributed by atoms with Gasteiger partial charge in [-0.05, 0) is 61.4 Å². The molecule has 5 aliphatic rings. The minimum Gasteiger partial charge on any atom is -0.365 e. The Labute approximate surface area is 206 Å². The van der Waals surface area contributed by atoms with Crippen molar-refractivity contribution in [2.45, 2.75) is 58.2 Å². The lowest BCUT2D eigenvalue weighted by Gasteiger charge is -2.52. The number of nitrogens with zero attached hydrogens (tertiary/aromatic N) is 4. The number of aromatic nitrogens is 1. The summed E-state index contributed by atoms with van der Waals surface area (Å²) in [4.78, 5) is 37.0. The Morgan fingerprint density at radius 1 is 1.14 bits per heavy atom. The number of hydrogen-bond donors (Lipinski definition) is 1. The highest BCUT2D eigenvalue weighted by Crippen LogP contribution is 2.48. The number of carbonyl (C=O) groups is 2. The number of piperidine rings is 2. The molecule has 2 aromatic rings. The van der Waals surface area contributed by atoms with E-state index in [9.17, 15) is 9.59 Å². The third-order valence-corrected chi connectivity index (χ3v) is 8.28. The van der Waals surface area contributed by atoms with Crippen LogP contribution in [-0.2, 0) is 16.1 Å². The summed E-state index contributed by atoms with van der Waals surface area (Å²) in [5.74, 6) is 1.09. The summed E-state index contributed by atoms with van der Waals surface area (Å²) >= 11 is 0. The van der Waals surface area contributed by atoms with Gasteiger partial charge in [-0.15, -0.1) is 0 Å². The lowest BCUT2D eigenvalue weighted by Crippen LogP contribution is -2.63. The molecule has 1 aromatic carbocycles. The van der Waals surface area contributed by atoms with Gasteiger partial charge in [-0.25, -0.2) is 4.98 Å². The SMILES string of the molecule is C=CC(=O)N1C[C@H]2CC[C@@H]1CN2c1ccc2c(c1)N(C(=O)C1CC(C)(C)C1)Cc1cccnc1N2. The molecule has 1 aromatic heterocycles. The molecule has 2 bridgehead atoms. The van der Waals surface area contributed by atoms with Gasteiger partial charge < -0.3 is 20.0 Å². The number of fused-ring (bicyclic) bond motifs is 5. The Kier molecular flexibility index (Phi) is 5.13. The van der Waals surface area contributed by atoms with E-state index in [1.54, 1.807) is 6.20 Å². The Morgan fingerprint density at radius 2 is 1.94 bits per heavy atom. The van der Waals surface area contributed by atoms with Crippen LogP contribution in [0.25, 0.3) is 0 Å². The molecular weight excluding hydrogens is 438 g/mol. The first-order valence-electron chi connectivity index (χ1n) is 12.7. The van der Waals surface area contributed by atoms with E-state index < -0.39 is 0 Å². The number of rotatable bonds is 3. The van der Waals surface area contributed by atoms with Crippen molar-refractivity contribution in [2.24, 2.45) is 11.3 Å². The fourth-order valence-electron chi connectivity index (χ4n) is 6.49. The van der Waals surface area contributed by atoms with Crippen LogP contribution in [0.1, 0.15) is 45.1 Å². The quantitative estimate of drug-likeness (QED) is 0.669. The van der Waals surface area contributed by atoms with E-state index in [4.69, 9.17) is 0 Å². The molecule has 2 atom stereocenters. The van der Waals surface area contributed by atoms with Crippen molar-refractivity contribution in [2.75, 3.05) is 28.2 Å². The van der Waals surface area contributed by atoms with Crippen LogP contribution in [0.3, 0.4) is 0 Å². The molecule has 4 fully saturated rings. The smallest absolute Gasteiger partial charge is 0.246 e. The van der Waals surface area contributed by atoms with Crippen LogP contribution in [0.15, 0.2) is 49.2 Å². The lowest BCUT2D eigenvalue weighted by atomic mass is 9.64. The fraction of sp³-hybridized carbons (Fsp3) is 0.464. The maximum atomic E-state index is 13.8. The Bertz CT molecular complexity index is 1200. The summed E-state index contributed by atoms with van der Waals surface area (Å²) in [5.41, 5.74) is 4.18. The standard InChI is InChI=1S/C28H33N5O2/c1-4-25(34)32-17-21-7-8-22(32)16-31(21)20-9-10-23-24(12-20)33(27(35)19-13-28(2,3)14-19)15-18-6-5-11-29-26(18)30-23/h4-6,9-12,19,21-22H,1,7-8,13-17H2,2-3H3,(H,29,30)/t21-,22-/m1/s1. The van der Waals surface area contributed by atoms with Gasteiger partial charge in [0, 0.05) is 48.5 Å². The van der Waals surface area contributed by atoms with E-state index in [2.05, 4.69) is 53.8 Å². The summed E-state index contributed by atoms with van der Waals surface area (Å²) in [5, 5.41) is 3.49. The molecule has 4 aliphatic heterocycles. The first kappa shape index (κ1) is 22.1. The molecule has 1 aliphatic carbocycles. The van der Waals surface area contributed by atoms with Crippen molar-refractivity contribution < 1.29 is 9.59 Å². The second-order valence-corrected chi connectivity index (χ2v) is 11.3. The van der Waals surface area contributed by atoms with Gasteiger partial charge in [0.25, 0.3) is 0 Å². The van der Waals surface area contributed by atoms with Crippen molar-refractivity contribution in [3.63, 3.8) is 0 Å². The van der Waals surface area contributed by atoms with Crippen LogP contribution in [0.2, 0.25) is 0 Å². The zero-order valence-corrected chi connectivity index (χ0v) is 20.5. The van der Waals surface area contributed by atoms with Crippen molar-refractivity contribution in [3.8, 4) is 0 Å². The second kappa shape index (κ2) is 8.11. The molecule has 7 rings (SSSR count). The van der Waals surface area contributed by atoms with Crippen LogP contribution in [0.5, 0.6) is 0 Å². The number of piperazine rings is 1. The summed E-state index contributed by atoms with van der Waals surface area (Å²) in [6.45, 7) is 10.2. The first-order chi connectivity index (χ1) is 16.8. The van der Waals surface area contributed by atoms with Gasteiger partial charge >= 0.3 is 0 Å². The van der Waals surface area contributed by atoms with Crippen LogP contribution < -0.4 is 15.1 Å². The van der Waals surface area contributed by atoms with E-state index in [0.29, 0.717) is 6.54 Å². The van der Waals surface area contributed by atoms with Gasteiger partial charge in [0.05, 0.1) is 17.9 Å². The number of anilines is 4. The van der Waals surface area contributed by atoms with E-state index in [1.807, 2.05) is 21.9 Å². The molecular formula is C28H33N5O2. The van der Waals surface area contributed by atoms with Gasteiger partial charge in [-0.1, -0.05) is 26.5 Å². The molecule has 0 unspecified atom stereocenters. The third kappa shape index (κ3) is 3.77. The summed E-state index contributed by atoms with van der Waals surface area (Å²) in [6.07, 6.45) is 7.15. The normalized spacial score (nSPS) is 24.6. The Balaban J connectivity index is 1.34. The molecule has 3 saturated heterocycles. The Hall–Kier alpha value is -3.35. The molecule has 2 amide bonds. The first-order valence-corrected chi connectivity index (χ1v) is 12.7. The van der Waals surface area contributed by atoms with Crippen LogP contribution >= 0.6 is 0 Å². The molecule has 0 radical (unpaired) electrons. The molecule has 7 heteroatoms. The van der Waals surface area contributed by atoms with Gasteiger partial charge in [0.1, 0.15) is 5.82 Å². The average molecular weight is 472 g/mol. The topological polar surface area (TPSA) is 68.8 Å². The second-order valence-electron chi connectivity index (χ2n) is 11.3. The molecule has 35 heavy (non-hydrogen) atoms. The number of carbonyl (C=O) groups excluding carboxylic acids is 2. The predicted octanol–water partition coefficient (Wildman–Crippen LogP) is 4.47. The summed E-state index contributed by atoms with van der Waals surface area (Å²) < 4.78 is 0. The van der Waals surface area contributed by atoms with Crippen molar-refractivity contribution >= 4 is 34.7 Å². The number of amides is 2. The number of benzene rings is 1. The van der Waals surface area contributed by atoms with Crippen LogP contribution in [0.4, 0.5) is 22.9 Å². The number of pyridine rings is 1. The fourth-order valence-corrected chi connectivity index (χ4v) is 6.49. The van der Waals surface area contributed by atoms with Gasteiger partial charge in [0.2, 0.25) is 11.8 Å². The summed E-state index contributed by atoms with van der Waals surface area (Å²) in [7, 11) is 0. The largest absolute Gasteiger partial charge is 0.365 e. The van der Waals surface area contributed by atoms with E-state index >= 15 is 0 Å². The predicted molar refractivity (Wildman–Crippen MR) is 138 cm³/mol. The number of hydrogen-bond acceptors (Lipinski definition) is 5. The molecule has 5 heterocycles. The highest BCUT2D eigenvalue weighted by Gasteiger charge is 2.44. The monoisotopic (exact) mass is 471 g/mol. The minimum absolute atomic E-state index is 0.0240. The van der Waals surface area contributed by atoms with Crippen molar-refractivity contribution in [3.05, 3.63) is 54.7 Å². The molecule has 7 nitrogen and oxygen atoms in total. The van der Waals surface area contributed by atoms with Gasteiger partial charge in [0.15, 0.2) is 0 Å². The van der Waals surface area contributed by atoms with E-state index in [0.717, 1.165) is 67.2 Å². The zero-order chi connectivity index (χ0) is 24.3. The van der Waals surface area contributed by atoms with Gasteiger partial charge in [-0.2, -0.15) is 0 Å². The highest BCUT2D eigenvalue weighted by molar-refractivity contribution is 6.00. The van der Waals surface area contributed by atoms with E-state index in [-0.39, 0.29) is 35.2 Å². The lowest BCUT2D eigenvalue weighted by molar-refractivity contribution is -0.131. The molecule has 182 valence electrons. The molecule has 1 saturated carbocycles.